The fraction of sp³-hybridized carbons (Fsp3) is 0.611. The van der Waals surface area contributed by atoms with Crippen LogP contribution in [0.4, 0.5) is 0 Å². The average molecular weight is 346 g/mol. The first-order valence-electron chi connectivity index (χ1n) is 8.94. The maximum Gasteiger partial charge on any atom is 0.272 e. The van der Waals surface area contributed by atoms with Gasteiger partial charge in [0.2, 0.25) is 5.91 Å². The summed E-state index contributed by atoms with van der Waals surface area (Å²) in [5.41, 5.74) is 0.450. The highest BCUT2D eigenvalue weighted by molar-refractivity contribution is 5.92. The van der Waals surface area contributed by atoms with E-state index in [0.717, 1.165) is 19.5 Å². The van der Waals surface area contributed by atoms with Crippen molar-refractivity contribution in [2.24, 2.45) is 0 Å². The fourth-order valence-corrected chi connectivity index (χ4v) is 3.72. The molecule has 1 aromatic heterocycles. The van der Waals surface area contributed by atoms with E-state index in [1.165, 1.54) is 0 Å². The summed E-state index contributed by atoms with van der Waals surface area (Å²) >= 11 is 0. The van der Waals surface area contributed by atoms with E-state index in [-0.39, 0.29) is 17.9 Å². The summed E-state index contributed by atoms with van der Waals surface area (Å²) < 4.78 is 0. The maximum absolute atomic E-state index is 12.6. The number of hydrogen-bond donors (Lipinski definition) is 1. The first kappa shape index (κ1) is 17.8. The molecule has 1 aromatic rings. The van der Waals surface area contributed by atoms with Crippen LogP contribution in [0.3, 0.4) is 0 Å². The van der Waals surface area contributed by atoms with Gasteiger partial charge in [0.1, 0.15) is 5.69 Å². The van der Waals surface area contributed by atoms with E-state index in [9.17, 15) is 14.7 Å². The number of aliphatic hydroxyl groups excluding tert-OH is 1. The van der Waals surface area contributed by atoms with Crippen molar-refractivity contribution in [3.8, 4) is 0 Å². The van der Waals surface area contributed by atoms with E-state index >= 15 is 0 Å². The van der Waals surface area contributed by atoms with Gasteiger partial charge in [-0.25, -0.2) is 0 Å². The van der Waals surface area contributed by atoms with Gasteiger partial charge in [-0.3, -0.25) is 19.5 Å². The van der Waals surface area contributed by atoms with Crippen molar-refractivity contribution in [1.29, 1.82) is 0 Å². The molecule has 0 saturated carbocycles. The van der Waals surface area contributed by atoms with Crippen LogP contribution < -0.4 is 0 Å². The Balaban J connectivity index is 1.60. The lowest BCUT2D eigenvalue weighted by Gasteiger charge is -2.40. The summed E-state index contributed by atoms with van der Waals surface area (Å²) in [6.45, 7) is 5.71. The van der Waals surface area contributed by atoms with Crippen LogP contribution in [-0.2, 0) is 4.79 Å². The second-order valence-electron chi connectivity index (χ2n) is 6.76. The molecule has 7 heteroatoms. The molecule has 0 aromatic carbocycles. The number of carbonyl (C=O) groups is 2. The molecule has 3 rings (SSSR count). The number of rotatable bonds is 2. The van der Waals surface area contributed by atoms with Crippen molar-refractivity contribution in [1.82, 2.24) is 19.7 Å². The largest absolute Gasteiger partial charge is 0.391 e. The first-order valence-corrected chi connectivity index (χ1v) is 8.94. The molecule has 2 aliphatic heterocycles. The Morgan fingerprint density at radius 2 is 1.76 bits per heavy atom. The molecule has 0 unspecified atom stereocenters. The number of nitrogens with zero attached hydrogens (tertiary/aromatic N) is 4. The minimum atomic E-state index is -0.453. The monoisotopic (exact) mass is 346 g/mol. The van der Waals surface area contributed by atoms with E-state index < -0.39 is 6.10 Å². The number of carbonyl (C=O) groups excluding carboxylic acids is 2. The Hall–Kier alpha value is -1.99. The molecule has 136 valence electrons. The number of amides is 2. The zero-order valence-corrected chi connectivity index (χ0v) is 14.7. The van der Waals surface area contributed by atoms with Crippen LogP contribution in [-0.4, -0.2) is 88.0 Å². The van der Waals surface area contributed by atoms with E-state index in [1.54, 1.807) is 30.2 Å². The summed E-state index contributed by atoms with van der Waals surface area (Å²) in [7, 11) is 0. The third-order valence-electron chi connectivity index (χ3n) is 5.23. The summed E-state index contributed by atoms with van der Waals surface area (Å²) in [6.07, 6.45) is 2.47. The van der Waals surface area contributed by atoms with Gasteiger partial charge in [0.25, 0.3) is 5.91 Å². The van der Waals surface area contributed by atoms with Crippen LogP contribution in [0.2, 0.25) is 0 Å². The van der Waals surface area contributed by atoms with Gasteiger partial charge in [0.15, 0.2) is 0 Å². The van der Waals surface area contributed by atoms with Crippen LogP contribution in [0.15, 0.2) is 24.4 Å². The van der Waals surface area contributed by atoms with Crippen molar-refractivity contribution in [3.05, 3.63) is 30.1 Å². The van der Waals surface area contributed by atoms with Gasteiger partial charge in [-0.05, 0) is 25.0 Å². The summed E-state index contributed by atoms with van der Waals surface area (Å²) in [6, 6.07) is 5.36. The lowest BCUT2D eigenvalue weighted by Crippen LogP contribution is -2.54. The fourth-order valence-electron chi connectivity index (χ4n) is 3.72. The number of likely N-dealkylation sites (tertiary alicyclic amines) is 1. The molecule has 3 heterocycles. The van der Waals surface area contributed by atoms with E-state index in [1.807, 2.05) is 11.0 Å². The van der Waals surface area contributed by atoms with E-state index in [4.69, 9.17) is 0 Å². The summed E-state index contributed by atoms with van der Waals surface area (Å²) in [5, 5.41) is 10.6. The van der Waals surface area contributed by atoms with Gasteiger partial charge in [-0.15, -0.1) is 0 Å². The van der Waals surface area contributed by atoms with Crippen molar-refractivity contribution in [3.63, 3.8) is 0 Å². The highest BCUT2D eigenvalue weighted by Crippen LogP contribution is 2.20. The van der Waals surface area contributed by atoms with Crippen molar-refractivity contribution in [2.75, 3.05) is 39.3 Å². The maximum atomic E-state index is 12.6. The van der Waals surface area contributed by atoms with Gasteiger partial charge in [0, 0.05) is 58.4 Å². The molecular weight excluding hydrogens is 320 g/mol. The third-order valence-corrected chi connectivity index (χ3v) is 5.23. The van der Waals surface area contributed by atoms with Gasteiger partial charge in [-0.2, -0.15) is 0 Å². The Kier molecular flexibility index (Phi) is 5.65. The molecule has 0 bridgehead atoms. The molecule has 1 N–H and O–H groups in total. The number of aromatic nitrogens is 1. The second kappa shape index (κ2) is 7.93. The van der Waals surface area contributed by atoms with Crippen LogP contribution in [0.5, 0.6) is 0 Å². The molecule has 7 nitrogen and oxygen atoms in total. The molecule has 0 spiro atoms. The second-order valence-corrected chi connectivity index (χ2v) is 6.76. The smallest absolute Gasteiger partial charge is 0.272 e. The zero-order valence-electron chi connectivity index (χ0n) is 14.7. The number of hydrogen-bond acceptors (Lipinski definition) is 5. The van der Waals surface area contributed by atoms with Gasteiger partial charge >= 0.3 is 0 Å². The molecule has 25 heavy (non-hydrogen) atoms. The minimum absolute atomic E-state index is 0.0376. The minimum Gasteiger partial charge on any atom is -0.391 e. The quantitative estimate of drug-likeness (QED) is 0.828. The Morgan fingerprint density at radius 1 is 1.04 bits per heavy atom. The van der Waals surface area contributed by atoms with Gasteiger partial charge in [0.05, 0.1) is 6.10 Å². The van der Waals surface area contributed by atoms with Crippen LogP contribution in [0.25, 0.3) is 0 Å². The van der Waals surface area contributed by atoms with E-state index in [0.29, 0.717) is 38.3 Å². The third kappa shape index (κ3) is 4.16. The summed E-state index contributed by atoms with van der Waals surface area (Å²) in [5.74, 6) is 0.0306. The first-order chi connectivity index (χ1) is 12.1. The molecule has 2 fully saturated rings. The normalized spacial score (nSPS) is 25.5. The zero-order chi connectivity index (χ0) is 17.8. The highest BCUT2D eigenvalue weighted by Gasteiger charge is 2.33. The predicted octanol–water partition coefficient (Wildman–Crippen LogP) is 0.211. The van der Waals surface area contributed by atoms with Crippen molar-refractivity contribution < 1.29 is 14.7 Å². The lowest BCUT2D eigenvalue weighted by molar-refractivity contribution is -0.131. The van der Waals surface area contributed by atoms with E-state index in [2.05, 4.69) is 9.88 Å². The topological polar surface area (TPSA) is 77.0 Å². The molecule has 2 atom stereocenters. The molecule has 2 saturated heterocycles. The standard InChI is InChI=1S/C18H26N4O3/c1-14(23)20-10-12-21(13-11-20)16-5-8-22(9-6-17(16)24)18(25)15-4-2-3-7-19-15/h2-4,7,16-17,24H,5-6,8-13H2,1H3/t16-,17-/m0/s1. The molecule has 2 aliphatic rings. The Labute approximate surface area is 148 Å². The SMILES string of the molecule is CC(=O)N1CCN([C@H]2CCN(C(=O)c3ccccn3)CC[C@@H]2O)CC1. The Morgan fingerprint density at radius 3 is 2.40 bits per heavy atom. The number of piperazine rings is 1. The predicted molar refractivity (Wildman–Crippen MR) is 93.0 cm³/mol. The Bertz CT molecular complexity index is 602. The highest BCUT2D eigenvalue weighted by atomic mass is 16.3. The molecule has 0 aliphatic carbocycles. The van der Waals surface area contributed by atoms with Gasteiger partial charge < -0.3 is 14.9 Å². The molecular formula is C18H26N4O3. The summed E-state index contributed by atoms with van der Waals surface area (Å²) in [4.78, 5) is 34.1. The van der Waals surface area contributed by atoms with Gasteiger partial charge in [-0.1, -0.05) is 6.07 Å². The van der Waals surface area contributed by atoms with Crippen molar-refractivity contribution >= 4 is 11.8 Å². The van der Waals surface area contributed by atoms with Crippen LogP contribution >= 0.6 is 0 Å². The molecule has 2 amide bonds. The van der Waals surface area contributed by atoms with Crippen LogP contribution in [0, 0.1) is 0 Å². The van der Waals surface area contributed by atoms with Crippen LogP contribution in [0.1, 0.15) is 30.3 Å². The van der Waals surface area contributed by atoms with Crippen molar-refractivity contribution in [2.45, 2.75) is 31.9 Å². The lowest BCUT2D eigenvalue weighted by atomic mass is 10.0. The molecule has 0 radical (unpaired) electrons. The average Bonchev–Trinajstić information content (AvgIpc) is 2.84. The number of aliphatic hydroxyl groups is 1. The number of pyridine rings is 1.